The maximum absolute atomic E-state index is 13.6. The second-order valence-electron chi connectivity index (χ2n) is 11.1. The van der Waals surface area contributed by atoms with E-state index in [9.17, 15) is 9.90 Å². The summed E-state index contributed by atoms with van der Waals surface area (Å²) in [7, 11) is 0. The van der Waals surface area contributed by atoms with Crippen molar-refractivity contribution < 1.29 is 14.6 Å². The summed E-state index contributed by atoms with van der Waals surface area (Å²) in [6.07, 6.45) is 0. The zero-order valence-corrected chi connectivity index (χ0v) is 22.3. The zero-order chi connectivity index (χ0) is 26.5. The summed E-state index contributed by atoms with van der Waals surface area (Å²) in [6, 6.07) is 23.4. The molecule has 0 bridgehead atoms. The van der Waals surface area contributed by atoms with Crippen LogP contribution in [0, 0.1) is 6.92 Å². The van der Waals surface area contributed by atoms with Crippen molar-refractivity contribution in [2.24, 2.45) is 0 Å². The van der Waals surface area contributed by atoms with E-state index in [1.165, 1.54) is 0 Å². The molecule has 0 fully saturated rings. The molecule has 1 heterocycles. The normalized spacial score (nSPS) is 12.0. The number of H-pyrrole nitrogens is 1. The number of aryl methyl sites for hydroxylation is 1. The molecule has 0 atom stereocenters. The van der Waals surface area contributed by atoms with Gasteiger partial charge in [0.05, 0.1) is 0 Å². The third kappa shape index (κ3) is 4.37. The number of esters is 1. The topological polar surface area (TPSA) is 62.3 Å². The Morgan fingerprint density at radius 3 is 2.32 bits per heavy atom. The molecule has 4 heteroatoms. The standard InChI is InChI=1S/C33H33NO3/c1-19(2)22-12-9-10-14-27(22)37-32(36)25-18-21-11-7-8-13-23(21)28(30(25)35)29-24-16-15-20(3)17-26(24)34-31(29)33(4,5)6/h7-19,34-35H,1-6H3. The molecule has 0 unspecified atom stereocenters. The van der Waals surface area contributed by atoms with Crippen LogP contribution in [-0.4, -0.2) is 16.1 Å². The fraction of sp³-hybridized carbons (Fsp3) is 0.242. The van der Waals surface area contributed by atoms with Crippen LogP contribution in [0.15, 0.2) is 72.8 Å². The Bertz CT molecular complexity index is 1650. The maximum atomic E-state index is 13.6. The van der Waals surface area contributed by atoms with Gasteiger partial charge in [0.1, 0.15) is 17.1 Å². The number of nitrogens with one attached hydrogen (secondary N) is 1. The average Bonchev–Trinajstić information content (AvgIpc) is 3.22. The number of carbonyl (C=O) groups is 1. The number of rotatable bonds is 4. The zero-order valence-electron chi connectivity index (χ0n) is 22.3. The smallest absolute Gasteiger partial charge is 0.347 e. The van der Waals surface area contributed by atoms with Crippen molar-refractivity contribution in [3.63, 3.8) is 0 Å². The molecule has 0 saturated carbocycles. The first kappa shape index (κ1) is 24.6. The second-order valence-corrected chi connectivity index (χ2v) is 11.1. The molecule has 0 aliphatic carbocycles. The highest BCUT2D eigenvalue weighted by atomic mass is 16.5. The Balaban J connectivity index is 1.78. The van der Waals surface area contributed by atoms with Gasteiger partial charge >= 0.3 is 5.97 Å². The highest BCUT2D eigenvalue weighted by molar-refractivity contribution is 6.13. The van der Waals surface area contributed by atoms with Crippen LogP contribution in [0.2, 0.25) is 0 Å². The number of hydrogen-bond acceptors (Lipinski definition) is 3. The molecule has 4 aromatic carbocycles. The van der Waals surface area contributed by atoms with Crippen molar-refractivity contribution in [1.82, 2.24) is 4.98 Å². The number of aromatic hydroxyl groups is 1. The molecule has 5 rings (SSSR count). The summed E-state index contributed by atoms with van der Waals surface area (Å²) >= 11 is 0. The lowest BCUT2D eigenvalue weighted by molar-refractivity contribution is 0.0730. The van der Waals surface area contributed by atoms with Crippen LogP contribution >= 0.6 is 0 Å². The lowest BCUT2D eigenvalue weighted by Gasteiger charge is -2.22. The van der Waals surface area contributed by atoms with E-state index in [0.717, 1.165) is 44.1 Å². The van der Waals surface area contributed by atoms with Gasteiger partial charge in [-0.25, -0.2) is 4.79 Å². The minimum absolute atomic E-state index is 0.0716. The fourth-order valence-electron chi connectivity index (χ4n) is 5.08. The minimum atomic E-state index is -0.578. The Hall–Kier alpha value is -4.05. The first-order valence-corrected chi connectivity index (χ1v) is 12.7. The van der Waals surface area contributed by atoms with Gasteiger partial charge in [-0.2, -0.15) is 0 Å². The SMILES string of the molecule is Cc1ccc2c(-c3c(O)c(C(=O)Oc4ccccc4C(C)C)cc4ccccc34)c(C(C)(C)C)[nH]c2c1. The first-order chi connectivity index (χ1) is 17.6. The van der Waals surface area contributed by atoms with E-state index in [1.54, 1.807) is 12.1 Å². The molecule has 0 aliphatic heterocycles. The molecule has 0 spiro atoms. The van der Waals surface area contributed by atoms with Gasteiger partial charge in [0.2, 0.25) is 0 Å². The predicted molar refractivity (Wildman–Crippen MR) is 152 cm³/mol. The van der Waals surface area contributed by atoms with E-state index in [-0.39, 0.29) is 22.6 Å². The van der Waals surface area contributed by atoms with Gasteiger partial charge in [-0.3, -0.25) is 0 Å². The van der Waals surface area contributed by atoms with Gasteiger partial charge in [0.15, 0.2) is 0 Å². The highest BCUT2D eigenvalue weighted by Gasteiger charge is 2.29. The Kier molecular flexibility index (Phi) is 6.07. The van der Waals surface area contributed by atoms with Crippen LogP contribution in [0.1, 0.15) is 67.7 Å². The van der Waals surface area contributed by atoms with Crippen molar-refractivity contribution >= 4 is 27.6 Å². The molecule has 0 aliphatic rings. The highest BCUT2D eigenvalue weighted by Crippen LogP contribution is 2.47. The number of benzene rings is 4. The number of hydrogen-bond donors (Lipinski definition) is 2. The van der Waals surface area contributed by atoms with E-state index >= 15 is 0 Å². The maximum Gasteiger partial charge on any atom is 0.347 e. The summed E-state index contributed by atoms with van der Waals surface area (Å²) in [5, 5.41) is 14.5. The lowest BCUT2D eigenvalue weighted by Crippen LogP contribution is -2.14. The van der Waals surface area contributed by atoms with E-state index in [1.807, 2.05) is 42.5 Å². The van der Waals surface area contributed by atoms with Gasteiger partial charge in [-0.15, -0.1) is 0 Å². The molecule has 4 nitrogen and oxygen atoms in total. The summed E-state index contributed by atoms with van der Waals surface area (Å²) in [6.45, 7) is 12.6. The number of fused-ring (bicyclic) bond motifs is 2. The van der Waals surface area contributed by atoms with Crippen LogP contribution in [-0.2, 0) is 5.41 Å². The quantitative estimate of drug-likeness (QED) is 0.195. The molecule has 1 aromatic heterocycles. The summed E-state index contributed by atoms with van der Waals surface area (Å²) in [5.41, 5.74) is 5.56. The van der Waals surface area contributed by atoms with Crippen molar-refractivity contribution in [2.75, 3.05) is 0 Å². The number of para-hydroxylation sites is 1. The Morgan fingerprint density at radius 2 is 1.59 bits per heavy atom. The van der Waals surface area contributed by atoms with Gasteiger partial charge < -0.3 is 14.8 Å². The molecular weight excluding hydrogens is 458 g/mol. The summed E-state index contributed by atoms with van der Waals surface area (Å²) in [4.78, 5) is 17.2. The van der Waals surface area contributed by atoms with Crippen LogP contribution < -0.4 is 4.74 Å². The van der Waals surface area contributed by atoms with Crippen molar-refractivity contribution in [2.45, 2.75) is 52.9 Å². The monoisotopic (exact) mass is 491 g/mol. The van der Waals surface area contributed by atoms with Gasteiger partial charge in [-0.1, -0.05) is 89.2 Å². The van der Waals surface area contributed by atoms with E-state index in [2.05, 4.69) is 64.7 Å². The molecule has 0 amide bonds. The third-order valence-electron chi connectivity index (χ3n) is 6.94. The van der Waals surface area contributed by atoms with Gasteiger partial charge in [0.25, 0.3) is 0 Å². The summed E-state index contributed by atoms with van der Waals surface area (Å²) in [5.74, 6) is 0.0478. The third-order valence-corrected chi connectivity index (χ3v) is 6.94. The predicted octanol–water partition coefficient (Wildman–Crippen LogP) is 8.64. The van der Waals surface area contributed by atoms with Gasteiger partial charge in [0, 0.05) is 33.1 Å². The number of ether oxygens (including phenoxy) is 1. The molecule has 0 radical (unpaired) electrons. The number of carbonyl (C=O) groups excluding carboxylic acids is 1. The minimum Gasteiger partial charge on any atom is -0.506 e. The first-order valence-electron chi connectivity index (χ1n) is 12.7. The number of phenolic OH excluding ortho intramolecular Hbond substituents is 1. The Labute approximate surface area is 217 Å². The lowest BCUT2D eigenvalue weighted by atomic mass is 9.84. The number of aromatic amines is 1. The average molecular weight is 492 g/mol. The number of aromatic nitrogens is 1. The van der Waals surface area contributed by atoms with E-state index in [0.29, 0.717) is 11.3 Å². The van der Waals surface area contributed by atoms with E-state index < -0.39 is 5.97 Å². The molecule has 2 N–H and O–H groups in total. The number of phenols is 1. The van der Waals surface area contributed by atoms with Crippen LogP contribution in [0.3, 0.4) is 0 Å². The van der Waals surface area contributed by atoms with Crippen molar-refractivity contribution in [3.8, 4) is 22.6 Å². The molecule has 188 valence electrons. The second kappa shape index (κ2) is 9.11. The molecule has 0 saturated heterocycles. The fourth-order valence-corrected chi connectivity index (χ4v) is 5.08. The Morgan fingerprint density at radius 1 is 0.892 bits per heavy atom. The van der Waals surface area contributed by atoms with Crippen molar-refractivity contribution in [1.29, 1.82) is 0 Å². The summed E-state index contributed by atoms with van der Waals surface area (Å²) < 4.78 is 5.89. The van der Waals surface area contributed by atoms with Crippen LogP contribution in [0.25, 0.3) is 32.8 Å². The van der Waals surface area contributed by atoms with E-state index in [4.69, 9.17) is 4.74 Å². The molecular formula is C33H33NO3. The van der Waals surface area contributed by atoms with Gasteiger partial charge in [-0.05, 0) is 52.9 Å². The molecule has 37 heavy (non-hydrogen) atoms. The molecule has 5 aromatic rings. The largest absolute Gasteiger partial charge is 0.506 e. The van der Waals surface area contributed by atoms with Crippen LogP contribution in [0.4, 0.5) is 0 Å². The van der Waals surface area contributed by atoms with Crippen LogP contribution in [0.5, 0.6) is 11.5 Å². The van der Waals surface area contributed by atoms with Crippen molar-refractivity contribution in [3.05, 3.63) is 95.2 Å².